The van der Waals surface area contributed by atoms with Gasteiger partial charge >= 0.3 is 0 Å². The number of imide groups is 1. The monoisotopic (exact) mass is 370 g/mol. The van der Waals surface area contributed by atoms with E-state index in [1.165, 1.54) is 4.90 Å². The summed E-state index contributed by atoms with van der Waals surface area (Å²) in [6.07, 6.45) is 3.78. The van der Waals surface area contributed by atoms with E-state index >= 15 is 0 Å². The van der Waals surface area contributed by atoms with Crippen molar-refractivity contribution in [2.24, 2.45) is 0 Å². The molecule has 0 saturated carbocycles. The fourth-order valence-corrected chi connectivity index (χ4v) is 3.67. The topological polar surface area (TPSA) is 49.4 Å². The minimum Gasteiger partial charge on any atom is -0.367 e. The summed E-state index contributed by atoms with van der Waals surface area (Å²) in [5.41, 5.74) is 2.90. The van der Waals surface area contributed by atoms with Gasteiger partial charge in [-0.05, 0) is 60.3 Å². The highest BCUT2D eigenvalue weighted by Gasteiger charge is 2.34. The van der Waals surface area contributed by atoms with E-state index in [0.717, 1.165) is 33.5 Å². The SMILES string of the molecule is CSc1ccc(/C=C2/SC(=O)N(CNc3ccccc3C)C2=O)cc1. The first-order chi connectivity index (χ1) is 12.1. The molecular formula is C19H18N2O2S2. The minimum absolute atomic E-state index is 0.165. The highest BCUT2D eigenvalue weighted by molar-refractivity contribution is 8.18. The molecule has 2 amide bonds. The number of benzene rings is 2. The fraction of sp³-hybridized carbons (Fsp3) is 0.158. The molecule has 2 aromatic rings. The molecule has 0 spiro atoms. The fourth-order valence-electron chi connectivity index (χ4n) is 2.42. The summed E-state index contributed by atoms with van der Waals surface area (Å²) in [6, 6.07) is 15.7. The van der Waals surface area contributed by atoms with Crippen molar-refractivity contribution < 1.29 is 9.59 Å². The van der Waals surface area contributed by atoms with Crippen LogP contribution in [0.4, 0.5) is 10.5 Å². The van der Waals surface area contributed by atoms with Crippen molar-refractivity contribution in [3.05, 3.63) is 64.6 Å². The molecule has 6 heteroatoms. The van der Waals surface area contributed by atoms with Crippen molar-refractivity contribution in [2.75, 3.05) is 18.2 Å². The lowest BCUT2D eigenvalue weighted by Crippen LogP contribution is -2.33. The van der Waals surface area contributed by atoms with Gasteiger partial charge in [-0.25, -0.2) is 0 Å². The number of hydrogen-bond donors (Lipinski definition) is 1. The van der Waals surface area contributed by atoms with Gasteiger partial charge in [-0.15, -0.1) is 11.8 Å². The standard InChI is InChI=1S/C19H18N2O2S2/c1-13-5-3-4-6-16(13)20-12-21-18(22)17(25-19(21)23)11-14-7-9-15(24-2)10-8-14/h3-11,20H,12H2,1-2H3/b17-11+. The van der Waals surface area contributed by atoms with E-state index in [1.807, 2.05) is 61.7 Å². The largest absolute Gasteiger partial charge is 0.367 e. The molecule has 1 aliphatic rings. The number of hydrogen-bond acceptors (Lipinski definition) is 5. The van der Waals surface area contributed by atoms with Crippen LogP contribution in [-0.2, 0) is 4.79 Å². The lowest BCUT2D eigenvalue weighted by molar-refractivity contribution is -0.122. The third-order valence-corrected chi connectivity index (χ3v) is 5.51. The van der Waals surface area contributed by atoms with Crippen molar-refractivity contribution in [3.8, 4) is 0 Å². The Kier molecular flexibility index (Phi) is 5.50. The van der Waals surface area contributed by atoms with E-state index in [-0.39, 0.29) is 17.8 Å². The highest BCUT2D eigenvalue weighted by Crippen LogP contribution is 2.32. The normalized spacial score (nSPS) is 15.9. The molecular weight excluding hydrogens is 352 g/mol. The number of carbonyl (C=O) groups is 2. The van der Waals surface area contributed by atoms with Crippen molar-refractivity contribution in [1.82, 2.24) is 4.90 Å². The second kappa shape index (κ2) is 7.80. The van der Waals surface area contributed by atoms with Crippen LogP contribution in [0.1, 0.15) is 11.1 Å². The molecule has 3 rings (SSSR count). The van der Waals surface area contributed by atoms with Gasteiger partial charge in [-0.3, -0.25) is 14.5 Å². The Balaban J connectivity index is 1.71. The summed E-state index contributed by atoms with van der Waals surface area (Å²) >= 11 is 2.64. The molecule has 1 saturated heterocycles. The molecule has 4 nitrogen and oxygen atoms in total. The van der Waals surface area contributed by atoms with Crippen LogP contribution in [0.5, 0.6) is 0 Å². The molecule has 2 aromatic carbocycles. The average molecular weight is 370 g/mol. The predicted molar refractivity (Wildman–Crippen MR) is 106 cm³/mol. The number of nitrogens with one attached hydrogen (secondary N) is 1. The van der Waals surface area contributed by atoms with Gasteiger partial charge in [0.1, 0.15) is 0 Å². The molecule has 128 valence electrons. The third-order valence-electron chi connectivity index (χ3n) is 3.86. The minimum atomic E-state index is -0.259. The molecule has 0 bridgehead atoms. The Morgan fingerprint density at radius 2 is 1.84 bits per heavy atom. The first-order valence-electron chi connectivity index (χ1n) is 7.77. The Morgan fingerprint density at radius 3 is 2.52 bits per heavy atom. The Labute approximate surface area is 155 Å². The van der Waals surface area contributed by atoms with Crippen LogP contribution in [-0.4, -0.2) is 29.0 Å². The zero-order chi connectivity index (χ0) is 17.8. The lowest BCUT2D eigenvalue weighted by atomic mass is 10.2. The number of para-hydroxylation sites is 1. The smallest absolute Gasteiger partial charge is 0.295 e. The van der Waals surface area contributed by atoms with E-state index < -0.39 is 0 Å². The van der Waals surface area contributed by atoms with Crippen LogP contribution in [0.25, 0.3) is 6.08 Å². The molecule has 25 heavy (non-hydrogen) atoms. The zero-order valence-electron chi connectivity index (χ0n) is 14.0. The van der Waals surface area contributed by atoms with Crippen LogP contribution >= 0.6 is 23.5 Å². The molecule has 1 heterocycles. The second-order valence-corrected chi connectivity index (χ2v) is 7.41. The summed E-state index contributed by atoms with van der Waals surface area (Å²) < 4.78 is 0. The van der Waals surface area contributed by atoms with Gasteiger partial charge in [0.2, 0.25) is 0 Å². The van der Waals surface area contributed by atoms with E-state index in [0.29, 0.717) is 4.91 Å². The van der Waals surface area contributed by atoms with E-state index in [1.54, 1.807) is 17.8 Å². The Bertz CT molecular complexity index is 832. The van der Waals surface area contributed by atoms with Gasteiger partial charge in [0.15, 0.2) is 0 Å². The molecule has 1 fully saturated rings. The summed E-state index contributed by atoms with van der Waals surface area (Å²) in [5, 5.41) is 2.90. The van der Waals surface area contributed by atoms with Crippen LogP contribution in [0.15, 0.2) is 58.3 Å². The molecule has 0 aliphatic carbocycles. The van der Waals surface area contributed by atoms with E-state index in [9.17, 15) is 9.59 Å². The number of nitrogens with zero attached hydrogens (tertiary/aromatic N) is 1. The quantitative estimate of drug-likeness (QED) is 0.604. The van der Waals surface area contributed by atoms with Gasteiger partial charge in [0, 0.05) is 10.6 Å². The number of thioether (sulfide) groups is 2. The Hall–Kier alpha value is -2.18. The van der Waals surface area contributed by atoms with Gasteiger partial charge in [0.05, 0.1) is 11.6 Å². The van der Waals surface area contributed by atoms with Gasteiger partial charge in [-0.1, -0.05) is 30.3 Å². The predicted octanol–water partition coefficient (Wildman–Crippen LogP) is 4.82. The molecule has 0 aromatic heterocycles. The summed E-state index contributed by atoms with van der Waals surface area (Å²) in [5.74, 6) is -0.259. The summed E-state index contributed by atoms with van der Waals surface area (Å²) in [6.45, 7) is 2.15. The Morgan fingerprint density at radius 1 is 1.12 bits per heavy atom. The third kappa shape index (κ3) is 4.08. The van der Waals surface area contributed by atoms with Crippen molar-refractivity contribution >= 4 is 46.4 Å². The highest BCUT2D eigenvalue weighted by atomic mass is 32.2. The van der Waals surface area contributed by atoms with Crippen molar-refractivity contribution in [2.45, 2.75) is 11.8 Å². The first-order valence-corrected chi connectivity index (χ1v) is 9.81. The molecule has 0 atom stereocenters. The van der Waals surface area contributed by atoms with Gasteiger partial charge in [0.25, 0.3) is 11.1 Å². The van der Waals surface area contributed by atoms with Crippen LogP contribution in [0, 0.1) is 6.92 Å². The van der Waals surface area contributed by atoms with E-state index in [4.69, 9.17) is 0 Å². The summed E-state index contributed by atoms with van der Waals surface area (Å²) in [7, 11) is 0. The van der Waals surface area contributed by atoms with E-state index in [2.05, 4.69) is 5.32 Å². The van der Waals surface area contributed by atoms with Crippen LogP contribution in [0.3, 0.4) is 0 Å². The zero-order valence-corrected chi connectivity index (χ0v) is 15.6. The first kappa shape index (κ1) is 17.6. The van der Waals surface area contributed by atoms with Crippen molar-refractivity contribution in [3.63, 3.8) is 0 Å². The number of rotatable bonds is 5. The maximum atomic E-state index is 12.5. The maximum absolute atomic E-state index is 12.5. The summed E-state index contributed by atoms with van der Waals surface area (Å²) in [4.78, 5) is 27.5. The molecule has 0 radical (unpaired) electrons. The van der Waals surface area contributed by atoms with Crippen molar-refractivity contribution in [1.29, 1.82) is 0 Å². The number of anilines is 1. The lowest BCUT2D eigenvalue weighted by Gasteiger charge is -2.15. The second-order valence-electron chi connectivity index (χ2n) is 5.53. The maximum Gasteiger partial charge on any atom is 0.295 e. The number of aryl methyl sites for hydroxylation is 1. The van der Waals surface area contributed by atoms with Crippen LogP contribution < -0.4 is 5.32 Å². The average Bonchev–Trinajstić information content (AvgIpc) is 2.88. The molecule has 0 unspecified atom stereocenters. The number of amides is 2. The number of carbonyl (C=O) groups excluding carboxylic acids is 2. The molecule has 1 N–H and O–H groups in total. The van der Waals surface area contributed by atoms with Gasteiger partial charge < -0.3 is 5.32 Å². The van der Waals surface area contributed by atoms with Gasteiger partial charge in [-0.2, -0.15) is 0 Å². The molecule has 1 aliphatic heterocycles. The van der Waals surface area contributed by atoms with Crippen LogP contribution in [0.2, 0.25) is 0 Å².